The molecule has 3 nitrogen and oxygen atoms in total. The number of methoxy groups -OCH3 is 1. The maximum Gasteiger partial charge on any atom is 0.314 e. The smallest absolute Gasteiger partial charge is 0.314 e. The zero-order valence-electron chi connectivity index (χ0n) is 9.22. The molecule has 2 heterocycles. The SMILES string of the molecule is COC(=O)C12CCC(C(C)I)(CC1)OC2. The molecule has 0 aromatic carbocycles. The molecular formula is C11H17IO3. The first-order valence-electron chi connectivity index (χ1n) is 5.41. The summed E-state index contributed by atoms with van der Waals surface area (Å²) in [5, 5.41) is 0. The number of hydrogen-bond donors (Lipinski definition) is 0. The molecule has 0 aromatic heterocycles. The number of halogens is 1. The monoisotopic (exact) mass is 324 g/mol. The van der Waals surface area contributed by atoms with Crippen LogP contribution < -0.4 is 0 Å². The van der Waals surface area contributed by atoms with Gasteiger partial charge in [0, 0.05) is 3.92 Å². The van der Waals surface area contributed by atoms with Gasteiger partial charge in [-0.3, -0.25) is 4.79 Å². The molecule has 3 aliphatic rings. The van der Waals surface area contributed by atoms with E-state index in [4.69, 9.17) is 9.47 Å². The van der Waals surface area contributed by atoms with E-state index in [1.54, 1.807) is 0 Å². The molecular weight excluding hydrogens is 307 g/mol. The Hall–Kier alpha value is 0.160. The van der Waals surface area contributed by atoms with Crippen LogP contribution in [-0.4, -0.2) is 29.2 Å². The highest BCUT2D eigenvalue weighted by Crippen LogP contribution is 2.52. The highest BCUT2D eigenvalue weighted by atomic mass is 127. The molecule has 0 amide bonds. The van der Waals surface area contributed by atoms with Crippen LogP contribution in [0.5, 0.6) is 0 Å². The van der Waals surface area contributed by atoms with Crippen molar-refractivity contribution >= 4 is 28.6 Å². The minimum absolute atomic E-state index is 0.0241. The minimum Gasteiger partial charge on any atom is -0.469 e. The van der Waals surface area contributed by atoms with Crippen LogP contribution >= 0.6 is 22.6 Å². The average molecular weight is 324 g/mol. The van der Waals surface area contributed by atoms with Crippen LogP contribution in [0.2, 0.25) is 0 Å². The summed E-state index contributed by atoms with van der Waals surface area (Å²) in [6.07, 6.45) is 3.83. The van der Waals surface area contributed by atoms with Crippen molar-refractivity contribution in [2.75, 3.05) is 13.7 Å². The largest absolute Gasteiger partial charge is 0.469 e. The van der Waals surface area contributed by atoms with E-state index in [9.17, 15) is 4.79 Å². The first kappa shape index (κ1) is 11.6. The molecule has 0 spiro atoms. The fraction of sp³-hybridized carbons (Fsp3) is 0.909. The Bertz CT molecular complexity index is 250. The maximum atomic E-state index is 11.7. The number of carbonyl (C=O) groups is 1. The molecule has 4 heteroatoms. The maximum absolute atomic E-state index is 11.7. The van der Waals surface area contributed by atoms with E-state index in [2.05, 4.69) is 29.5 Å². The summed E-state index contributed by atoms with van der Waals surface area (Å²) in [7, 11) is 1.47. The Morgan fingerprint density at radius 1 is 1.40 bits per heavy atom. The van der Waals surface area contributed by atoms with Crippen LogP contribution in [0.1, 0.15) is 32.6 Å². The number of carbonyl (C=O) groups excluding carboxylic acids is 1. The van der Waals surface area contributed by atoms with Gasteiger partial charge < -0.3 is 9.47 Å². The topological polar surface area (TPSA) is 35.5 Å². The van der Waals surface area contributed by atoms with Gasteiger partial charge in [0.2, 0.25) is 0 Å². The first-order valence-corrected chi connectivity index (χ1v) is 6.66. The average Bonchev–Trinajstić information content (AvgIpc) is 2.30. The molecule has 1 atom stereocenters. The number of fused-ring (bicyclic) bond motifs is 3. The van der Waals surface area contributed by atoms with Gasteiger partial charge in [-0.25, -0.2) is 0 Å². The number of alkyl halides is 1. The van der Waals surface area contributed by atoms with Crippen LogP contribution in [0.25, 0.3) is 0 Å². The molecule has 86 valence electrons. The van der Waals surface area contributed by atoms with E-state index in [0.717, 1.165) is 25.7 Å². The van der Waals surface area contributed by atoms with Gasteiger partial charge in [-0.15, -0.1) is 0 Å². The van der Waals surface area contributed by atoms with Gasteiger partial charge >= 0.3 is 5.97 Å². The van der Waals surface area contributed by atoms with Crippen molar-refractivity contribution < 1.29 is 14.3 Å². The highest BCUT2D eigenvalue weighted by molar-refractivity contribution is 14.1. The molecule has 2 bridgehead atoms. The van der Waals surface area contributed by atoms with Crippen molar-refractivity contribution in [1.29, 1.82) is 0 Å². The summed E-state index contributed by atoms with van der Waals surface area (Å²) in [5.41, 5.74) is -0.307. The molecule has 3 rings (SSSR count). The van der Waals surface area contributed by atoms with Crippen LogP contribution in [0.4, 0.5) is 0 Å². The van der Waals surface area contributed by atoms with Gasteiger partial charge in [0.05, 0.1) is 24.7 Å². The number of rotatable bonds is 2. The van der Waals surface area contributed by atoms with Crippen molar-refractivity contribution in [1.82, 2.24) is 0 Å². The lowest BCUT2D eigenvalue weighted by Crippen LogP contribution is -2.57. The second-order valence-corrected chi connectivity index (χ2v) is 6.61. The van der Waals surface area contributed by atoms with Crippen LogP contribution in [0, 0.1) is 5.41 Å². The van der Waals surface area contributed by atoms with Crippen molar-refractivity contribution in [2.45, 2.75) is 42.1 Å². The van der Waals surface area contributed by atoms with Gasteiger partial charge in [-0.1, -0.05) is 29.5 Å². The van der Waals surface area contributed by atoms with Gasteiger partial charge in [-0.05, 0) is 25.7 Å². The van der Waals surface area contributed by atoms with Crippen molar-refractivity contribution in [3.8, 4) is 0 Å². The molecule has 3 fully saturated rings. The molecule has 0 radical (unpaired) electrons. The number of esters is 1. The summed E-state index contributed by atoms with van der Waals surface area (Å²) in [5.74, 6) is -0.0862. The standard InChI is InChI=1S/C11H17IO3/c1-8(12)11-5-3-10(4-6-11,7-15-11)9(13)14-2/h8H,3-7H2,1-2H3. The summed E-state index contributed by atoms with van der Waals surface area (Å²) in [4.78, 5) is 11.7. The molecule has 0 aromatic rings. The van der Waals surface area contributed by atoms with Crippen molar-refractivity contribution in [2.24, 2.45) is 5.41 Å². The second kappa shape index (κ2) is 3.87. The molecule has 1 aliphatic carbocycles. The molecule has 2 saturated heterocycles. The van der Waals surface area contributed by atoms with Crippen LogP contribution in [0.3, 0.4) is 0 Å². The van der Waals surface area contributed by atoms with Crippen molar-refractivity contribution in [3.63, 3.8) is 0 Å². The number of ether oxygens (including phenoxy) is 2. The van der Waals surface area contributed by atoms with E-state index in [1.165, 1.54) is 7.11 Å². The third-order valence-electron chi connectivity index (χ3n) is 4.03. The van der Waals surface area contributed by atoms with Gasteiger partial charge in [-0.2, -0.15) is 0 Å². The lowest BCUT2D eigenvalue weighted by Gasteiger charge is -2.52. The third-order valence-corrected chi connectivity index (χ3v) is 5.17. The predicted octanol–water partition coefficient (Wildman–Crippen LogP) is 2.31. The van der Waals surface area contributed by atoms with Gasteiger partial charge in [0.15, 0.2) is 0 Å². The normalized spacial score (nSPS) is 41.3. The summed E-state index contributed by atoms with van der Waals surface area (Å²) in [6.45, 7) is 2.74. The van der Waals surface area contributed by atoms with Crippen molar-refractivity contribution in [3.05, 3.63) is 0 Å². The van der Waals surface area contributed by atoms with E-state index in [0.29, 0.717) is 10.5 Å². The fourth-order valence-corrected chi connectivity index (χ4v) is 3.52. The molecule has 1 unspecified atom stereocenters. The van der Waals surface area contributed by atoms with E-state index < -0.39 is 0 Å². The fourth-order valence-electron chi connectivity index (χ4n) is 2.71. The van der Waals surface area contributed by atoms with Crippen LogP contribution in [-0.2, 0) is 14.3 Å². The third kappa shape index (κ3) is 1.69. The molecule has 2 aliphatic heterocycles. The van der Waals surface area contributed by atoms with Crippen LogP contribution in [0.15, 0.2) is 0 Å². The Morgan fingerprint density at radius 2 is 2.00 bits per heavy atom. The zero-order chi connectivity index (χ0) is 11.1. The molecule has 1 saturated carbocycles. The summed E-state index contributed by atoms with van der Waals surface area (Å²) >= 11 is 2.43. The number of hydrogen-bond acceptors (Lipinski definition) is 3. The van der Waals surface area contributed by atoms with E-state index >= 15 is 0 Å². The summed E-state index contributed by atoms with van der Waals surface area (Å²) in [6, 6.07) is 0. The predicted molar refractivity (Wildman–Crippen MR) is 65.1 cm³/mol. The van der Waals surface area contributed by atoms with Gasteiger partial charge in [0.25, 0.3) is 0 Å². The lowest BCUT2D eigenvalue weighted by atomic mass is 9.65. The molecule has 0 N–H and O–H groups in total. The lowest BCUT2D eigenvalue weighted by molar-refractivity contribution is -0.201. The summed E-state index contributed by atoms with van der Waals surface area (Å²) < 4.78 is 11.3. The van der Waals surface area contributed by atoms with E-state index in [1.807, 2.05) is 0 Å². The second-order valence-electron chi connectivity index (χ2n) is 4.74. The first-order chi connectivity index (χ1) is 7.05. The van der Waals surface area contributed by atoms with Gasteiger partial charge in [0.1, 0.15) is 0 Å². The Labute approximate surface area is 104 Å². The molecule has 15 heavy (non-hydrogen) atoms. The zero-order valence-corrected chi connectivity index (χ0v) is 11.4. The minimum atomic E-state index is -0.331. The Morgan fingerprint density at radius 3 is 2.33 bits per heavy atom. The Balaban J connectivity index is 2.14. The van der Waals surface area contributed by atoms with E-state index in [-0.39, 0.29) is 17.0 Å². The highest BCUT2D eigenvalue weighted by Gasteiger charge is 2.55. The quantitative estimate of drug-likeness (QED) is 0.444. The Kier molecular flexibility index (Phi) is 3.01.